The maximum Gasteiger partial charge on any atom is 0.235 e. The highest BCUT2D eigenvalue weighted by atomic mass is 16.6. The molecule has 6 heteroatoms. The molecule has 72 valence electrons. The van der Waals surface area contributed by atoms with Crippen LogP contribution in [-0.2, 0) is 7.05 Å². The van der Waals surface area contributed by atoms with Crippen LogP contribution in [0, 0.1) is 17.0 Å². The Kier molecular flexibility index (Phi) is 2.62. The van der Waals surface area contributed by atoms with Crippen molar-refractivity contribution in [3.05, 3.63) is 27.6 Å². The van der Waals surface area contributed by atoms with Crippen molar-refractivity contribution >= 4 is 0 Å². The van der Waals surface area contributed by atoms with Gasteiger partial charge in [-0.1, -0.05) is 0 Å². The Labute approximate surface area is 74.9 Å². The number of hydrogen-bond acceptors (Lipinski definition) is 4. The van der Waals surface area contributed by atoms with E-state index in [2.05, 4.69) is 5.10 Å². The molecule has 1 unspecified atom stereocenters. The third kappa shape index (κ3) is 2.25. The molecule has 0 saturated heterocycles. The van der Waals surface area contributed by atoms with Crippen LogP contribution in [0.3, 0.4) is 0 Å². The summed E-state index contributed by atoms with van der Waals surface area (Å²) in [6.45, 7) is 1.28. The predicted molar refractivity (Wildman–Crippen MR) is 44.8 cm³/mol. The molecule has 0 aliphatic rings. The van der Waals surface area contributed by atoms with Crippen LogP contribution in [0.2, 0.25) is 0 Å². The van der Waals surface area contributed by atoms with Crippen molar-refractivity contribution < 1.29 is 10.0 Å². The topological polar surface area (TPSA) is 81.2 Å². The highest BCUT2D eigenvalue weighted by Crippen LogP contribution is 2.12. The first-order valence-corrected chi connectivity index (χ1v) is 3.81. The zero-order valence-electron chi connectivity index (χ0n) is 7.47. The molecule has 0 fully saturated rings. The van der Waals surface area contributed by atoms with Crippen LogP contribution in [0.5, 0.6) is 0 Å². The minimum atomic E-state index is -1.08. The van der Waals surface area contributed by atoms with Crippen molar-refractivity contribution in [3.8, 4) is 0 Å². The van der Waals surface area contributed by atoms with E-state index < -0.39 is 17.6 Å². The Morgan fingerprint density at radius 2 is 2.46 bits per heavy atom. The van der Waals surface area contributed by atoms with Gasteiger partial charge in [-0.15, -0.1) is 0 Å². The summed E-state index contributed by atoms with van der Waals surface area (Å²) in [7, 11) is 1.64. The lowest BCUT2D eigenvalue weighted by Crippen LogP contribution is -2.14. The zero-order chi connectivity index (χ0) is 10.0. The van der Waals surface area contributed by atoms with Crippen molar-refractivity contribution in [2.24, 2.45) is 7.05 Å². The van der Waals surface area contributed by atoms with E-state index in [1.807, 2.05) is 0 Å². The van der Waals surface area contributed by atoms with Crippen LogP contribution < -0.4 is 0 Å². The lowest BCUT2D eigenvalue weighted by atomic mass is 10.2. The van der Waals surface area contributed by atoms with Crippen molar-refractivity contribution in [3.63, 3.8) is 0 Å². The first kappa shape index (κ1) is 9.66. The second-order valence-electron chi connectivity index (χ2n) is 2.87. The summed E-state index contributed by atoms with van der Waals surface area (Å²) in [4.78, 5) is 9.57. The van der Waals surface area contributed by atoms with Gasteiger partial charge in [-0.05, 0) is 13.0 Å². The molecule has 0 bridgehead atoms. The average molecular weight is 185 g/mol. The molecular weight excluding hydrogens is 174 g/mol. The summed E-state index contributed by atoms with van der Waals surface area (Å²) in [6.07, 6.45) is -1.08. The molecule has 6 nitrogen and oxygen atoms in total. The van der Waals surface area contributed by atoms with E-state index in [0.29, 0.717) is 5.69 Å². The molecule has 1 heterocycles. The molecule has 0 spiro atoms. The normalized spacial score (nSPS) is 12.8. The molecule has 1 aromatic heterocycles. The minimum absolute atomic E-state index is 0.467. The Hall–Kier alpha value is -1.43. The van der Waals surface area contributed by atoms with Gasteiger partial charge in [0.25, 0.3) is 0 Å². The van der Waals surface area contributed by atoms with E-state index in [9.17, 15) is 15.2 Å². The summed E-state index contributed by atoms with van der Waals surface area (Å²) in [5.41, 5.74) is 1.20. The molecule has 1 N–H and O–H groups in total. The minimum Gasteiger partial charge on any atom is -0.380 e. The second kappa shape index (κ2) is 3.53. The zero-order valence-corrected chi connectivity index (χ0v) is 7.47. The van der Waals surface area contributed by atoms with E-state index in [1.165, 1.54) is 4.68 Å². The number of nitrogens with zero attached hydrogens (tertiary/aromatic N) is 3. The number of aromatic nitrogens is 2. The molecule has 1 rings (SSSR count). The number of aliphatic hydroxyl groups excluding tert-OH is 1. The van der Waals surface area contributed by atoms with Crippen molar-refractivity contribution in [2.45, 2.75) is 13.0 Å². The monoisotopic (exact) mass is 185 g/mol. The lowest BCUT2D eigenvalue weighted by molar-refractivity contribution is -0.491. The Balaban J connectivity index is 2.81. The molecule has 0 amide bonds. The highest BCUT2D eigenvalue weighted by Gasteiger charge is 2.17. The van der Waals surface area contributed by atoms with E-state index >= 15 is 0 Å². The Morgan fingerprint density at radius 3 is 2.85 bits per heavy atom. The summed E-state index contributed by atoms with van der Waals surface area (Å²) >= 11 is 0. The average Bonchev–Trinajstić information content (AvgIpc) is 2.28. The SMILES string of the molecule is Cc1cc(C(O)C[N+](=O)[O-])n(C)n1. The number of aryl methyl sites for hydroxylation is 2. The van der Waals surface area contributed by atoms with Gasteiger partial charge in [0.05, 0.1) is 11.4 Å². The molecule has 0 radical (unpaired) electrons. The second-order valence-corrected chi connectivity index (χ2v) is 2.87. The maximum atomic E-state index is 10.1. The van der Waals surface area contributed by atoms with Crippen molar-refractivity contribution in [1.82, 2.24) is 9.78 Å². The molecule has 0 aliphatic heterocycles. The first-order chi connectivity index (χ1) is 6.00. The van der Waals surface area contributed by atoms with E-state index in [0.717, 1.165) is 5.69 Å². The van der Waals surface area contributed by atoms with Gasteiger partial charge in [-0.2, -0.15) is 5.10 Å². The summed E-state index contributed by atoms with van der Waals surface area (Å²) in [5.74, 6) is 0. The van der Waals surface area contributed by atoms with E-state index in [-0.39, 0.29) is 0 Å². The maximum absolute atomic E-state index is 10.1. The number of aliphatic hydroxyl groups is 1. The van der Waals surface area contributed by atoms with Gasteiger partial charge in [-0.25, -0.2) is 0 Å². The van der Waals surface area contributed by atoms with E-state index in [4.69, 9.17) is 0 Å². The summed E-state index contributed by atoms with van der Waals surface area (Å²) in [5, 5.41) is 23.5. The summed E-state index contributed by atoms with van der Waals surface area (Å²) < 4.78 is 1.45. The Morgan fingerprint density at radius 1 is 1.85 bits per heavy atom. The number of nitro groups is 1. The molecule has 1 atom stereocenters. The first-order valence-electron chi connectivity index (χ1n) is 3.81. The third-order valence-electron chi connectivity index (χ3n) is 1.70. The quantitative estimate of drug-likeness (QED) is 0.532. The van der Waals surface area contributed by atoms with Crippen molar-refractivity contribution in [2.75, 3.05) is 6.54 Å². The van der Waals surface area contributed by atoms with Crippen LogP contribution in [0.1, 0.15) is 17.5 Å². The van der Waals surface area contributed by atoms with Crippen LogP contribution in [0.15, 0.2) is 6.07 Å². The van der Waals surface area contributed by atoms with E-state index in [1.54, 1.807) is 20.0 Å². The van der Waals surface area contributed by atoms with Crippen LogP contribution in [0.4, 0.5) is 0 Å². The molecule has 0 aliphatic carbocycles. The van der Waals surface area contributed by atoms with Gasteiger partial charge in [0, 0.05) is 12.0 Å². The Bertz CT molecular complexity index is 321. The van der Waals surface area contributed by atoms with Gasteiger partial charge in [0.1, 0.15) is 0 Å². The smallest absolute Gasteiger partial charge is 0.235 e. The fourth-order valence-corrected chi connectivity index (χ4v) is 1.18. The standard InChI is InChI=1S/C7H11N3O3/c1-5-3-6(9(2)8-5)7(11)4-10(12)13/h3,7,11H,4H2,1-2H3. The lowest BCUT2D eigenvalue weighted by Gasteiger charge is -2.05. The van der Waals surface area contributed by atoms with Crippen molar-refractivity contribution in [1.29, 1.82) is 0 Å². The fourth-order valence-electron chi connectivity index (χ4n) is 1.18. The molecule has 1 aromatic rings. The van der Waals surface area contributed by atoms with Gasteiger partial charge in [-0.3, -0.25) is 14.8 Å². The molecule has 0 aromatic carbocycles. The predicted octanol–water partition coefficient (Wildman–Crippen LogP) is 0.0386. The fraction of sp³-hybridized carbons (Fsp3) is 0.571. The van der Waals surface area contributed by atoms with Gasteiger partial charge >= 0.3 is 0 Å². The van der Waals surface area contributed by atoms with Gasteiger partial charge in [0.15, 0.2) is 6.10 Å². The van der Waals surface area contributed by atoms with Gasteiger partial charge < -0.3 is 5.11 Å². The molecular formula is C7H11N3O3. The van der Waals surface area contributed by atoms with Crippen LogP contribution in [-0.4, -0.2) is 26.4 Å². The third-order valence-corrected chi connectivity index (χ3v) is 1.70. The number of rotatable bonds is 3. The van der Waals surface area contributed by atoms with Crippen LogP contribution in [0.25, 0.3) is 0 Å². The molecule has 13 heavy (non-hydrogen) atoms. The highest BCUT2D eigenvalue weighted by molar-refractivity contribution is 5.11. The number of hydrogen-bond donors (Lipinski definition) is 1. The molecule has 0 saturated carbocycles. The van der Waals surface area contributed by atoms with Gasteiger partial charge in [0.2, 0.25) is 6.54 Å². The summed E-state index contributed by atoms with van der Waals surface area (Å²) in [6, 6.07) is 1.63. The van der Waals surface area contributed by atoms with Crippen LogP contribution >= 0.6 is 0 Å². The largest absolute Gasteiger partial charge is 0.380 e.